The monoisotopic (exact) mass is 410 g/mol. The SMILES string of the molecule is COC(=O)C1(F)OC(C(OC(C)=O)C(CO)OC(C)=O)C(N)C(N=[N+]=[N-])C1F. The van der Waals surface area contributed by atoms with Gasteiger partial charge in [0.05, 0.1) is 19.8 Å². The number of ether oxygens (including phenoxy) is 4. The first-order valence-corrected chi connectivity index (χ1v) is 7.87. The lowest BCUT2D eigenvalue weighted by Gasteiger charge is -2.45. The summed E-state index contributed by atoms with van der Waals surface area (Å²) in [5, 5.41) is 12.5. The van der Waals surface area contributed by atoms with Gasteiger partial charge >= 0.3 is 23.8 Å². The Morgan fingerprint density at radius 1 is 1.36 bits per heavy atom. The molecule has 1 aliphatic heterocycles. The second kappa shape index (κ2) is 9.59. The molecule has 0 saturated carbocycles. The van der Waals surface area contributed by atoms with Gasteiger partial charge in [0, 0.05) is 24.8 Å². The zero-order chi connectivity index (χ0) is 21.6. The lowest BCUT2D eigenvalue weighted by Crippen LogP contribution is -2.70. The smallest absolute Gasteiger partial charge is 0.375 e. The molecule has 0 aromatic carbocycles. The summed E-state index contributed by atoms with van der Waals surface area (Å²) in [6, 6.07) is -3.64. The molecule has 1 saturated heterocycles. The molecule has 12 nitrogen and oxygen atoms in total. The number of hydrogen-bond acceptors (Lipinski definition) is 10. The summed E-state index contributed by atoms with van der Waals surface area (Å²) in [7, 11) is 0.755. The van der Waals surface area contributed by atoms with Gasteiger partial charge in [0.25, 0.3) is 0 Å². The number of aliphatic hydroxyl groups is 1. The first-order chi connectivity index (χ1) is 13.0. The maximum atomic E-state index is 15.1. The molecule has 1 heterocycles. The Balaban J connectivity index is 3.46. The average Bonchev–Trinajstić information content (AvgIpc) is 2.63. The van der Waals surface area contributed by atoms with Crippen molar-refractivity contribution in [2.24, 2.45) is 10.8 Å². The highest BCUT2D eigenvalue weighted by molar-refractivity contribution is 5.79. The molecule has 1 fully saturated rings. The number of rotatable bonds is 7. The summed E-state index contributed by atoms with van der Waals surface area (Å²) >= 11 is 0. The first kappa shape index (κ1) is 23.5. The Morgan fingerprint density at radius 2 is 1.93 bits per heavy atom. The van der Waals surface area contributed by atoms with Crippen molar-refractivity contribution in [3.8, 4) is 0 Å². The number of hydrogen-bond donors (Lipinski definition) is 2. The molecule has 0 aliphatic carbocycles. The quantitative estimate of drug-likeness (QED) is 0.182. The van der Waals surface area contributed by atoms with Gasteiger partial charge in [0.2, 0.25) is 0 Å². The molecular formula is C14H20F2N4O8. The molecule has 1 aliphatic rings. The molecule has 0 amide bonds. The Hall–Kier alpha value is -2.54. The summed E-state index contributed by atoms with van der Waals surface area (Å²) in [6.07, 6.45) is -8.11. The number of alkyl halides is 2. The number of carbonyl (C=O) groups excluding carboxylic acids is 3. The van der Waals surface area contributed by atoms with Crippen molar-refractivity contribution in [3.05, 3.63) is 10.4 Å². The minimum atomic E-state index is -3.78. The van der Waals surface area contributed by atoms with Crippen LogP contribution in [0.1, 0.15) is 13.8 Å². The van der Waals surface area contributed by atoms with Crippen molar-refractivity contribution in [2.75, 3.05) is 13.7 Å². The van der Waals surface area contributed by atoms with E-state index in [0.29, 0.717) is 0 Å². The van der Waals surface area contributed by atoms with Crippen molar-refractivity contribution in [3.63, 3.8) is 0 Å². The van der Waals surface area contributed by atoms with Gasteiger partial charge in [-0.1, -0.05) is 5.11 Å². The molecule has 28 heavy (non-hydrogen) atoms. The Bertz CT molecular complexity index is 661. The highest BCUT2D eigenvalue weighted by atomic mass is 19.2. The summed E-state index contributed by atoms with van der Waals surface area (Å²) in [5.41, 5.74) is 14.4. The topological polar surface area (TPSA) is 183 Å². The Morgan fingerprint density at radius 3 is 2.36 bits per heavy atom. The molecule has 3 N–H and O–H groups in total. The van der Waals surface area contributed by atoms with Gasteiger partial charge in [-0.05, 0) is 5.53 Å². The van der Waals surface area contributed by atoms with Crippen LogP contribution in [0.4, 0.5) is 8.78 Å². The van der Waals surface area contributed by atoms with E-state index in [0.717, 1.165) is 21.0 Å². The van der Waals surface area contributed by atoms with Crippen molar-refractivity contribution in [1.82, 2.24) is 0 Å². The first-order valence-electron chi connectivity index (χ1n) is 7.87. The predicted molar refractivity (Wildman–Crippen MR) is 84.7 cm³/mol. The zero-order valence-corrected chi connectivity index (χ0v) is 15.2. The molecule has 0 aromatic rings. The normalized spacial score (nSPS) is 31.7. The number of carbonyl (C=O) groups is 3. The fraction of sp³-hybridized carbons (Fsp3) is 0.786. The van der Waals surface area contributed by atoms with Crippen molar-refractivity contribution >= 4 is 17.9 Å². The van der Waals surface area contributed by atoms with E-state index >= 15 is 4.39 Å². The number of halogens is 2. The van der Waals surface area contributed by atoms with Crippen LogP contribution in [-0.4, -0.2) is 79.2 Å². The van der Waals surface area contributed by atoms with Crippen LogP contribution >= 0.6 is 0 Å². The fourth-order valence-electron chi connectivity index (χ4n) is 2.70. The van der Waals surface area contributed by atoms with E-state index in [1.54, 1.807) is 0 Å². The molecule has 0 aromatic heterocycles. The van der Waals surface area contributed by atoms with E-state index in [1.165, 1.54) is 0 Å². The number of aliphatic hydroxyl groups excluding tert-OH is 1. The predicted octanol–water partition coefficient (Wildman–Crippen LogP) is -0.576. The number of azide groups is 1. The number of esters is 3. The van der Waals surface area contributed by atoms with E-state index in [4.69, 9.17) is 25.5 Å². The van der Waals surface area contributed by atoms with Crippen LogP contribution in [0.2, 0.25) is 0 Å². The second-order valence-electron chi connectivity index (χ2n) is 5.80. The second-order valence-corrected chi connectivity index (χ2v) is 5.80. The molecule has 7 atom stereocenters. The average molecular weight is 410 g/mol. The number of methoxy groups -OCH3 is 1. The summed E-state index contributed by atoms with van der Waals surface area (Å²) in [4.78, 5) is 36.8. The lowest BCUT2D eigenvalue weighted by atomic mass is 9.87. The maximum Gasteiger partial charge on any atom is 0.375 e. The van der Waals surface area contributed by atoms with Gasteiger partial charge < -0.3 is 29.8 Å². The Kier molecular flexibility index (Phi) is 8.05. The van der Waals surface area contributed by atoms with E-state index in [-0.39, 0.29) is 0 Å². The molecule has 1 rings (SSSR count). The molecule has 0 radical (unpaired) electrons. The van der Waals surface area contributed by atoms with Crippen LogP contribution in [-0.2, 0) is 33.3 Å². The van der Waals surface area contributed by atoms with Gasteiger partial charge in [-0.25, -0.2) is 9.18 Å². The summed E-state index contributed by atoms with van der Waals surface area (Å²) in [6.45, 7) is 0.992. The van der Waals surface area contributed by atoms with Crippen LogP contribution in [0.3, 0.4) is 0 Å². The van der Waals surface area contributed by atoms with Crippen molar-refractivity contribution in [2.45, 2.75) is 56.3 Å². The van der Waals surface area contributed by atoms with E-state index < -0.39 is 66.9 Å². The third-order valence-electron chi connectivity index (χ3n) is 3.87. The van der Waals surface area contributed by atoms with Gasteiger partial charge in [0.15, 0.2) is 18.4 Å². The highest BCUT2D eigenvalue weighted by Crippen LogP contribution is 2.38. The summed E-state index contributed by atoms with van der Waals surface area (Å²) < 4.78 is 48.4. The standard InChI is InChI=1S/C14H20F2N4O8/c1-5(22)26-7(4-21)10(27-6(2)23)11-8(17)9(19-20-18)12(15)14(16,28-11)13(24)25-3/h7-12,21H,4,17H2,1-3H3. The largest absolute Gasteiger partial charge is 0.465 e. The molecule has 158 valence electrons. The van der Waals surface area contributed by atoms with Crippen LogP contribution in [0.15, 0.2) is 5.11 Å². The van der Waals surface area contributed by atoms with E-state index in [2.05, 4.69) is 14.8 Å². The van der Waals surface area contributed by atoms with Crippen LogP contribution < -0.4 is 5.73 Å². The maximum absolute atomic E-state index is 15.1. The summed E-state index contributed by atoms with van der Waals surface area (Å²) in [5.74, 6) is -7.46. The molecule has 0 bridgehead atoms. The van der Waals surface area contributed by atoms with E-state index in [1.807, 2.05) is 0 Å². The van der Waals surface area contributed by atoms with Gasteiger partial charge in [-0.2, -0.15) is 4.39 Å². The zero-order valence-electron chi connectivity index (χ0n) is 15.2. The van der Waals surface area contributed by atoms with Crippen molar-refractivity contribution in [1.29, 1.82) is 0 Å². The van der Waals surface area contributed by atoms with Crippen LogP contribution in [0.5, 0.6) is 0 Å². The lowest BCUT2D eigenvalue weighted by molar-refractivity contribution is -0.278. The molecule has 14 heteroatoms. The van der Waals surface area contributed by atoms with E-state index in [9.17, 15) is 23.9 Å². The minimum absolute atomic E-state index is 0.755. The highest BCUT2D eigenvalue weighted by Gasteiger charge is 2.63. The third-order valence-corrected chi connectivity index (χ3v) is 3.87. The third kappa shape index (κ3) is 4.84. The Labute approximate surface area is 157 Å². The van der Waals surface area contributed by atoms with Gasteiger partial charge in [-0.3, -0.25) is 9.59 Å². The van der Waals surface area contributed by atoms with Gasteiger partial charge in [-0.15, -0.1) is 0 Å². The minimum Gasteiger partial charge on any atom is -0.465 e. The molecule has 0 spiro atoms. The van der Waals surface area contributed by atoms with Crippen LogP contribution in [0.25, 0.3) is 10.4 Å². The van der Waals surface area contributed by atoms with Crippen LogP contribution in [0, 0.1) is 0 Å². The van der Waals surface area contributed by atoms with Gasteiger partial charge in [0.1, 0.15) is 6.10 Å². The molecule has 7 unspecified atom stereocenters. The molecular weight excluding hydrogens is 390 g/mol. The number of nitrogens with zero attached hydrogens (tertiary/aromatic N) is 3. The fourth-order valence-corrected chi connectivity index (χ4v) is 2.70. The number of nitrogens with two attached hydrogens (primary N) is 1. The van der Waals surface area contributed by atoms with Crippen molar-refractivity contribution < 1.29 is 47.2 Å².